The predicted octanol–water partition coefficient (Wildman–Crippen LogP) is 3.28. The molecule has 0 amide bonds. The minimum Gasteiger partial charge on any atom is -0.296 e. The van der Waals surface area contributed by atoms with Crippen molar-refractivity contribution in [3.63, 3.8) is 0 Å². The van der Waals surface area contributed by atoms with Crippen LogP contribution in [0.15, 0.2) is 54.7 Å². The number of benzene rings is 1. The normalized spacial score (nSPS) is 14.2. The number of pyridine rings is 1. The summed E-state index contributed by atoms with van der Waals surface area (Å²) in [5.74, 6) is -0.651. The number of rotatable bonds is 4. The first-order valence-electron chi connectivity index (χ1n) is 7.37. The van der Waals surface area contributed by atoms with Crippen LogP contribution in [-0.4, -0.2) is 21.0 Å². The molecular weight excluding hydrogens is 276 g/mol. The number of carbonyl (C=O) groups is 2. The number of hydrogen-bond acceptors (Lipinski definition) is 3. The van der Waals surface area contributed by atoms with Gasteiger partial charge in [0.2, 0.25) is 5.78 Å². The summed E-state index contributed by atoms with van der Waals surface area (Å²) in [7, 11) is 0. The van der Waals surface area contributed by atoms with Crippen LogP contribution in [0.2, 0.25) is 0 Å². The second kappa shape index (κ2) is 4.91. The minimum atomic E-state index is -0.480. The van der Waals surface area contributed by atoms with E-state index in [2.05, 4.69) is 4.98 Å². The average molecular weight is 290 g/mol. The van der Waals surface area contributed by atoms with Crippen molar-refractivity contribution >= 4 is 17.2 Å². The number of aromatic nitrogens is 2. The highest BCUT2D eigenvalue weighted by Gasteiger charge is 2.34. The first kappa shape index (κ1) is 13.0. The van der Waals surface area contributed by atoms with Gasteiger partial charge in [-0.25, -0.2) is 4.98 Å². The third kappa shape index (κ3) is 2.04. The van der Waals surface area contributed by atoms with E-state index in [-0.39, 0.29) is 0 Å². The summed E-state index contributed by atoms with van der Waals surface area (Å²) in [6, 6.07) is 14.3. The number of hydrogen-bond donors (Lipinski definition) is 0. The molecule has 1 aromatic carbocycles. The molecule has 0 aliphatic heterocycles. The van der Waals surface area contributed by atoms with E-state index in [4.69, 9.17) is 0 Å². The van der Waals surface area contributed by atoms with E-state index in [9.17, 15) is 9.59 Å². The monoisotopic (exact) mass is 290 g/mol. The Labute approximate surface area is 127 Å². The summed E-state index contributed by atoms with van der Waals surface area (Å²) in [5, 5.41) is 0. The zero-order valence-electron chi connectivity index (χ0n) is 11.9. The van der Waals surface area contributed by atoms with E-state index in [1.54, 1.807) is 34.9 Å². The summed E-state index contributed by atoms with van der Waals surface area (Å²) in [6.07, 6.45) is 3.85. The Bertz CT molecular complexity index is 876. The van der Waals surface area contributed by atoms with Crippen molar-refractivity contribution in [2.45, 2.75) is 18.8 Å². The fourth-order valence-corrected chi connectivity index (χ4v) is 2.71. The molecule has 1 saturated carbocycles. The summed E-state index contributed by atoms with van der Waals surface area (Å²) in [5.41, 5.74) is 2.32. The molecule has 3 aromatic rings. The number of ketones is 2. The van der Waals surface area contributed by atoms with E-state index < -0.39 is 11.6 Å². The summed E-state index contributed by atoms with van der Waals surface area (Å²) in [4.78, 5) is 29.8. The Kier molecular flexibility index (Phi) is 2.89. The maximum Gasteiger partial charge on any atom is 0.252 e. The fraction of sp³-hybridized carbons (Fsp3) is 0.167. The number of Topliss-reactive ketones (excluding diaryl/α,β-unsaturated/α-hetero) is 2. The van der Waals surface area contributed by atoms with E-state index >= 15 is 0 Å². The maximum absolute atomic E-state index is 12.8. The first-order chi connectivity index (χ1) is 10.8. The largest absolute Gasteiger partial charge is 0.296 e. The lowest BCUT2D eigenvalue weighted by atomic mass is 10.0. The van der Waals surface area contributed by atoms with E-state index in [1.165, 1.54) is 0 Å². The van der Waals surface area contributed by atoms with Crippen LogP contribution in [0.3, 0.4) is 0 Å². The van der Waals surface area contributed by atoms with Gasteiger partial charge in [0.25, 0.3) is 5.78 Å². The smallest absolute Gasteiger partial charge is 0.252 e. The molecule has 4 nitrogen and oxygen atoms in total. The summed E-state index contributed by atoms with van der Waals surface area (Å²) >= 11 is 0. The Hall–Kier alpha value is -2.75. The Morgan fingerprint density at radius 2 is 1.68 bits per heavy atom. The first-order valence-corrected chi connectivity index (χ1v) is 7.37. The molecular formula is C18H14N2O2. The molecule has 22 heavy (non-hydrogen) atoms. The SMILES string of the molecule is O=C(C(=O)c1c(C2CC2)nc2ccccn12)c1ccccc1. The van der Waals surface area contributed by atoms with Crippen molar-refractivity contribution < 1.29 is 9.59 Å². The van der Waals surface area contributed by atoms with E-state index in [0.29, 0.717) is 22.8 Å². The lowest BCUT2D eigenvalue weighted by molar-refractivity contribution is 0.0813. The van der Waals surface area contributed by atoms with Gasteiger partial charge >= 0.3 is 0 Å². The Balaban J connectivity index is 1.84. The quantitative estimate of drug-likeness (QED) is 0.547. The van der Waals surface area contributed by atoms with Gasteiger partial charge in [-0.3, -0.25) is 14.0 Å². The van der Waals surface area contributed by atoms with Gasteiger partial charge < -0.3 is 0 Å². The van der Waals surface area contributed by atoms with Crippen LogP contribution >= 0.6 is 0 Å². The molecule has 2 aromatic heterocycles. The minimum absolute atomic E-state index is 0.308. The molecule has 0 atom stereocenters. The lowest BCUT2D eigenvalue weighted by Crippen LogP contribution is -2.18. The number of fused-ring (bicyclic) bond motifs is 1. The second-order valence-corrected chi connectivity index (χ2v) is 5.57. The molecule has 1 aliphatic rings. The van der Waals surface area contributed by atoms with Gasteiger partial charge in [0.15, 0.2) is 0 Å². The second-order valence-electron chi connectivity index (χ2n) is 5.57. The number of nitrogens with zero attached hydrogens (tertiary/aromatic N) is 2. The van der Waals surface area contributed by atoms with E-state index in [0.717, 1.165) is 18.5 Å². The van der Waals surface area contributed by atoms with Crippen molar-refractivity contribution in [2.24, 2.45) is 0 Å². The standard InChI is InChI=1S/C18H14N2O2/c21-17(13-6-2-1-3-7-13)18(22)16-15(12-9-10-12)19-14-8-4-5-11-20(14)16/h1-8,11-12H,9-10H2. The molecule has 4 heteroatoms. The van der Waals surface area contributed by atoms with Gasteiger partial charge in [0.05, 0.1) is 5.69 Å². The summed E-state index contributed by atoms with van der Waals surface area (Å²) < 4.78 is 1.73. The Morgan fingerprint density at radius 1 is 0.955 bits per heavy atom. The predicted molar refractivity (Wildman–Crippen MR) is 82.3 cm³/mol. The van der Waals surface area contributed by atoms with Gasteiger partial charge in [0, 0.05) is 17.7 Å². The van der Waals surface area contributed by atoms with Crippen LogP contribution in [0, 0.1) is 0 Å². The molecule has 0 unspecified atom stereocenters. The van der Waals surface area contributed by atoms with Crippen LogP contribution in [0.5, 0.6) is 0 Å². The fourth-order valence-electron chi connectivity index (χ4n) is 2.71. The molecule has 1 aliphatic carbocycles. The third-order valence-electron chi connectivity index (χ3n) is 3.98. The van der Waals surface area contributed by atoms with Crippen molar-refractivity contribution in [3.8, 4) is 0 Å². The maximum atomic E-state index is 12.8. The van der Waals surface area contributed by atoms with Gasteiger partial charge in [-0.15, -0.1) is 0 Å². The third-order valence-corrected chi connectivity index (χ3v) is 3.98. The molecule has 0 bridgehead atoms. The molecule has 2 heterocycles. The molecule has 0 spiro atoms. The van der Waals surface area contributed by atoms with Crippen molar-refractivity contribution in [1.29, 1.82) is 0 Å². The van der Waals surface area contributed by atoms with Crippen molar-refractivity contribution in [2.75, 3.05) is 0 Å². The van der Waals surface area contributed by atoms with Crippen LogP contribution in [0.1, 0.15) is 45.3 Å². The zero-order valence-corrected chi connectivity index (χ0v) is 11.9. The van der Waals surface area contributed by atoms with Gasteiger partial charge in [0.1, 0.15) is 11.3 Å². The topological polar surface area (TPSA) is 51.4 Å². The lowest BCUT2D eigenvalue weighted by Gasteiger charge is -2.03. The van der Waals surface area contributed by atoms with Gasteiger partial charge in [-0.2, -0.15) is 0 Å². The van der Waals surface area contributed by atoms with Crippen molar-refractivity contribution in [3.05, 3.63) is 71.7 Å². The molecule has 0 saturated heterocycles. The average Bonchev–Trinajstić information content (AvgIpc) is 3.34. The van der Waals surface area contributed by atoms with Crippen LogP contribution < -0.4 is 0 Å². The highest BCUT2D eigenvalue weighted by molar-refractivity contribution is 6.49. The highest BCUT2D eigenvalue weighted by atomic mass is 16.2. The molecule has 4 rings (SSSR count). The van der Waals surface area contributed by atoms with Crippen molar-refractivity contribution in [1.82, 2.24) is 9.38 Å². The molecule has 0 radical (unpaired) electrons. The molecule has 0 N–H and O–H groups in total. The number of carbonyl (C=O) groups excluding carboxylic acids is 2. The molecule has 108 valence electrons. The van der Waals surface area contributed by atoms with Crippen LogP contribution in [-0.2, 0) is 0 Å². The summed E-state index contributed by atoms with van der Waals surface area (Å²) in [6.45, 7) is 0. The van der Waals surface area contributed by atoms with Crippen LogP contribution in [0.4, 0.5) is 0 Å². The zero-order chi connectivity index (χ0) is 15.1. The van der Waals surface area contributed by atoms with Gasteiger partial charge in [-0.05, 0) is 25.0 Å². The molecule has 1 fully saturated rings. The van der Waals surface area contributed by atoms with E-state index in [1.807, 2.05) is 24.3 Å². The number of imidazole rings is 1. The Morgan fingerprint density at radius 3 is 2.41 bits per heavy atom. The van der Waals surface area contributed by atoms with Crippen LogP contribution in [0.25, 0.3) is 5.65 Å². The van der Waals surface area contributed by atoms with Gasteiger partial charge in [-0.1, -0.05) is 36.4 Å². The highest BCUT2D eigenvalue weighted by Crippen LogP contribution is 2.41.